The lowest BCUT2D eigenvalue weighted by Crippen LogP contribution is -2.36. The zero-order chi connectivity index (χ0) is 15.2. The number of carbonyl (C=O) groups is 1. The average Bonchev–Trinajstić information content (AvgIpc) is 2.46. The van der Waals surface area contributed by atoms with Gasteiger partial charge in [-0.05, 0) is 49.6 Å². The van der Waals surface area contributed by atoms with E-state index in [1.54, 1.807) is 6.92 Å². The van der Waals surface area contributed by atoms with Gasteiger partial charge in [0.25, 0.3) is 5.91 Å². The van der Waals surface area contributed by atoms with Crippen molar-refractivity contribution in [1.29, 1.82) is 0 Å². The van der Waals surface area contributed by atoms with E-state index >= 15 is 0 Å². The lowest BCUT2D eigenvalue weighted by molar-refractivity contribution is -0.127. The van der Waals surface area contributed by atoms with Crippen LogP contribution in [-0.4, -0.2) is 12.0 Å². The zero-order valence-corrected chi connectivity index (χ0v) is 12.7. The molecule has 0 saturated heterocycles. The molecule has 0 saturated carbocycles. The predicted octanol–water partition coefficient (Wildman–Crippen LogP) is 3.39. The summed E-state index contributed by atoms with van der Waals surface area (Å²) in [5.41, 5.74) is 3.40. The van der Waals surface area contributed by atoms with Gasteiger partial charge in [-0.25, -0.2) is 0 Å². The topological polar surface area (TPSA) is 38.3 Å². The summed E-state index contributed by atoms with van der Waals surface area (Å²) in [5.74, 6) is 0.605. The molecule has 1 amide bonds. The normalized spacial score (nSPS) is 11.8. The molecule has 2 aromatic carbocycles. The largest absolute Gasteiger partial charge is 0.481 e. The van der Waals surface area contributed by atoms with Gasteiger partial charge in [0.1, 0.15) is 5.75 Å². The smallest absolute Gasteiger partial charge is 0.261 e. The van der Waals surface area contributed by atoms with Gasteiger partial charge in [0.05, 0.1) is 0 Å². The second-order valence-electron chi connectivity index (χ2n) is 5.22. The third-order valence-electron chi connectivity index (χ3n) is 3.39. The number of nitrogens with one attached hydrogen (secondary N) is 1. The molecule has 0 aliphatic heterocycles. The summed E-state index contributed by atoms with van der Waals surface area (Å²) in [6.45, 7) is 6.31. The lowest BCUT2D eigenvalue weighted by Gasteiger charge is -2.15. The van der Waals surface area contributed by atoms with Crippen molar-refractivity contribution in [2.45, 2.75) is 33.4 Å². The highest BCUT2D eigenvalue weighted by atomic mass is 16.5. The highest BCUT2D eigenvalue weighted by Crippen LogP contribution is 2.14. The SMILES string of the molecule is Cc1cccc(OC(C)C(=O)NCc2ccccc2C)c1. The first-order valence-corrected chi connectivity index (χ1v) is 7.12. The van der Waals surface area contributed by atoms with Crippen molar-refractivity contribution >= 4 is 5.91 Å². The average molecular weight is 283 g/mol. The molecule has 110 valence electrons. The molecular weight excluding hydrogens is 262 g/mol. The Morgan fingerprint density at radius 2 is 1.90 bits per heavy atom. The second kappa shape index (κ2) is 6.93. The van der Waals surface area contributed by atoms with Gasteiger partial charge in [-0.2, -0.15) is 0 Å². The second-order valence-corrected chi connectivity index (χ2v) is 5.22. The van der Waals surface area contributed by atoms with Gasteiger partial charge < -0.3 is 10.1 Å². The van der Waals surface area contributed by atoms with Crippen LogP contribution in [0.15, 0.2) is 48.5 Å². The molecule has 1 unspecified atom stereocenters. The Kier molecular flexibility index (Phi) is 4.99. The molecular formula is C18H21NO2. The van der Waals surface area contributed by atoms with Crippen LogP contribution in [0.2, 0.25) is 0 Å². The quantitative estimate of drug-likeness (QED) is 0.913. The minimum atomic E-state index is -0.518. The van der Waals surface area contributed by atoms with E-state index < -0.39 is 6.10 Å². The fourth-order valence-corrected chi connectivity index (χ4v) is 2.08. The molecule has 0 radical (unpaired) electrons. The molecule has 0 spiro atoms. The van der Waals surface area contributed by atoms with Crippen LogP contribution in [-0.2, 0) is 11.3 Å². The van der Waals surface area contributed by atoms with Crippen molar-refractivity contribution in [1.82, 2.24) is 5.32 Å². The fourth-order valence-electron chi connectivity index (χ4n) is 2.08. The standard InChI is InChI=1S/C18H21NO2/c1-13-7-6-10-17(11-13)21-15(3)18(20)19-12-16-9-5-4-8-14(16)2/h4-11,15H,12H2,1-3H3,(H,19,20). The molecule has 1 atom stereocenters. The molecule has 0 bridgehead atoms. The van der Waals surface area contributed by atoms with Crippen LogP contribution in [0, 0.1) is 13.8 Å². The van der Waals surface area contributed by atoms with Gasteiger partial charge in [-0.15, -0.1) is 0 Å². The van der Waals surface area contributed by atoms with Crippen LogP contribution >= 0.6 is 0 Å². The Labute approximate surface area is 126 Å². The maximum absolute atomic E-state index is 12.1. The van der Waals surface area contributed by atoms with Crippen molar-refractivity contribution in [3.63, 3.8) is 0 Å². The minimum absolute atomic E-state index is 0.111. The summed E-state index contributed by atoms with van der Waals surface area (Å²) >= 11 is 0. The molecule has 0 aliphatic carbocycles. The number of benzene rings is 2. The number of aryl methyl sites for hydroxylation is 2. The van der Waals surface area contributed by atoms with Crippen LogP contribution in [0.3, 0.4) is 0 Å². The van der Waals surface area contributed by atoms with Gasteiger partial charge in [-0.3, -0.25) is 4.79 Å². The van der Waals surface area contributed by atoms with Crippen molar-refractivity contribution in [2.24, 2.45) is 0 Å². The zero-order valence-electron chi connectivity index (χ0n) is 12.7. The monoisotopic (exact) mass is 283 g/mol. The van der Waals surface area contributed by atoms with E-state index in [0.717, 1.165) is 11.1 Å². The molecule has 2 rings (SSSR count). The molecule has 1 N–H and O–H groups in total. The predicted molar refractivity (Wildman–Crippen MR) is 84.3 cm³/mol. The minimum Gasteiger partial charge on any atom is -0.481 e. The summed E-state index contributed by atoms with van der Waals surface area (Å²) in [5, 5.41) is 2.91. The van der Waals surface area contributed by atoms with E-state index in [-0.39, 0.29) is 5.91 Å². The highest BCUT2D eigenvalue weighted by Gasteiger charge is 2.14. The third kappa shape index (κ3) is 4.35. The number of rotatable bonds is 5. The summed E-state index contributed by atoms with van der Waals surface area (Å²) in [7, 11) is 0. The maximum atomic E-state index is 12.1. The lowest BCUT2D eigenvalue weighted by atomic mass is 10.1. The first-order chi connectivity index (χ1) is 10.1. The number of hydrogen-bond donors (Lipinski definition) is 1. The molecule has 0 heterocycles. The summed E-state index contributed by atoms with van der Waals surface area (Å²) in [6, 6.07) is 15.7. The number of ether oxygens (including phenoxy) is 1. The Bertz CT molecular complexity index is 622. The first-order valence-electron chi connectivity index (χ1n) is 7.12. The number of carbonyl (C=O) groups excluding carboxylic acids is 1. The van der Waals surface area contributed by atoms with Crippen LogP contribution in [0.4, 0.5) is 0 Å². The molecule has 0 aromatic heterocycles. The molecule has 0 fully saturated rings. The van der Waals surface area contributed by atoms with Gasteiger partial charge in [0.2, 0.25) is 0 Å². The van der Waals surface area contributed by atoms with E-state index in [4.69, 9.17) is 4.74 Å². The maximum Gasteiger partial charge on any atom is 0.261 e. The van der Waals surface area contributed by atoms with Crippen molar-refractivity contribution in [3.8, 4) is 5.75 Å². The van der Waals surface area contributed by atoms with Gasteiger partial charge >= 0.3 is 0 Å². The van der Waals surface area contributed by atoms with E-state index in [1.807, 2.05) is 62.4 Å². The third-order valence-corrected chi connectivity index (χ3v) is 3.39. The summed E-state index contributed by atoms with van der Waals surface area (Å²) in [6.07, 6.45) is -0.518. The molecule has 0 aliphatic rings. The van der Waals surface area contributed by atoms with E-state index in [2.05, 4.69) is 5.32 Å². The molecule has 2 aromatic rings. The van der Waals surface area contributed by atoms with E-state index in [0.29, 0.717) is 12.3 Å². The van der Waals surface area contributed by atoms with E-state index in [1.165, 1.54) is 5.56 Å². The van der Waals surface area contributed by atoms with Gasteiger partial charge in [0, 0.05) is 6.54 Å². The Morgan fingerprint density at radius 3 is 2.62 bits per heavy atom. The number of hydrogen-bond acceptors (Lipinski definition) is 2. The molecule has 21 heavy (non-hydrogen) atoms. The Morgan fingerprint density at radius 1 is 1.14 bits per heavy atom. The van der Waals surface area contributed by atoms with Crippen LogP contribution in [0.5, 0.6) is 5.75 Å². The summed E-state index contributed by atoms with van der Waals surface area (Å²) < 4.78 is 5.66. The van der Waals surface area contributed by atoms with Crippen LogP contribution in [0.1, 0.15) is 23.6 Å². The Hall–Kier alpha value is -2.29. The van der Waals surface area contributed by atoms with Crippen molar-refractivity contribution in [3.05, 3.63) is 65.2 Å². The first kappa shape index (κ1) is 15.1. The van der Waals surface area contributed by atoms with Gasteiger partial charge in [-0.1, -0.05) is 36.4 Å². The van der Waals surface area contributed by atoms with Crippen LogP contribution in [0.25, 0.3) is 0 Å². The molecule has 3 heteroatoms. The van der Waals surface area contributed by atoms with E-state index in [9.17, 15) is 4.79 Å². The summed E-state index contributed by atoms with van der Waals surface area (Å²) in [4.78, 5) is 12.1. The van der Waals surface area contributed by atoms with Crippen molar-refractivity contribution in [2.75, 3.05) is 0 Å². The number of amides is 1. The van der Waals surface area contributed by atoms with Crippen LogP contribution < -0.4 is 10.1 Å². The molecule has 3 nitrogen and oxygen atoms in total. The Balaban J connectivity index is 1.90. The van der Waals surface area contributed by atoms with Gasteiger partial charge in [0.15, 0.2) is 6.10 Å². The highest BCUT2D eigenvalue weighted by molar-refractivity contribution is 5.80. The van der Waals surface area contributed by atoms with Crippen molar-refractivity contribution < 1.29 is 9.53 Å². The fraction of sp³-hybridized carbons (Fsp3) is 0.278.